The van der Waals surface area contributed by atoms with Gasteiger partial charge in [-0.15, -0.1) is 0 Å². The molecule has 2 saturated carbocycles. The Labute approximate surface area is 124 Å². The van der Waals surface area contributed by atoms with Crippen LogP contribution in [0.25, 0.3) is 11.0 Å². The summed E-state index contributed by atoms with van der Waals surface area (Å²) in [6.45, 7) is 0.903. The van der Waals surface area contributed by atoms with Gasteiger partial charge >= 0.3 is 0 Å². The third-order valence-corrected chi connectivity index (χ3v) is 5.46. The maximum absolute atomic E-state index is 13.8. The number of imidazole rings is 1. The molecule has 2 aromatic rings. The van der Waals surface area contributed by atoms with Crippen LogP contribution in [0.1, 0.15) is 25.7 Å². The van der Waals surface area contributed by atoms with Gasteiger partial charge in [0.25, 0.3) is 0 Å². The molecule has 2 N–H and O–H groups in total. The van der Waals surface area contributed by atoms with Crippen LogP contribution in [0, 0.1) is 20.7 Å². The highest BCUT2D eigenvalue weighted by Crippen LogP contribution is 2.62. The highest BCUT2D eigenvalue weighted by atomic mass is 127. The fourth-order valence-corrected chi connectivity index (χ4v) is 3.62. The normalized spacial score (nSPS) is 20.9. The third-order valence-electron chi connectivity index (χ3n) is 4.63. The van der Waals surface area contributed by atoms with E-state index in [-0.39, 0.29) is 5.82 Å². The molecule has 2 aliphatic carbocycles. The molecule has 2 aliphatic rings. The molecule has 0 unspecified atom stereocenters. The number of benzene rings is 1. The van der Waals surface area contributed by atoms with Crippen LogP contribution in [0.5, 0.6) is 0 Å². The highest BCUT2D eigenvalue weighted by molar-refractivity contribution is 14.1. The van der Waals surface area contributed by atoms with Crippen LogP contribution in [-0.2, 0) is 6.54 Å². The SMILES string of the molecule is Nc1nc2cc(I)c(F)cc2n1CC1(C2CC2)CC1. The van der Waals surface area contributed by atoms with Crippen LogP contribution < -0.4 is 5.73 Å². The summed E-state index contributed by atoms with van der Waals surface area (Å²) in [6.07, 6.45) is 5.25. The van der Waals surface area contributed by atoms with Crippen molar-refractivity contribution in [3.63, 3.8) is 0 Å². The number of aromatic nitrogens is 2. The van der Waals surface area contributed by atoms with E-state index in [9.17, 15) is 4.39 Å². The zero-order valence-corrected chi connectivity index (χ0v) is 12.7. The summed E-state index contributed by atoms with van der Waals surface area (Å²) >= 11 is 1.99. The van der Waals surface area contributed by atoms with Gasteiger partial charge in [-0.05, 0) is 65.7 Å². The van der Waals surface area contributed by atoms with Crippen molar-refractivity contribution in [3.8, 4) is 0 Å². The van der Waals surface area contributed by atoms with Gasteiger partial charge in [0.2, 0.25) is 5.95 Å². The second-order valence-electron chi connectivity index (χ2n) is 5.95. The molecule has 0 radical (unpaired) electrons. The average Bonchev–Trinajstić information content (AvgIpc) is 3.24. The van der Waals surface area contributed by atoms with E-state index in [4.69, 9.17) is 5.73 Å². The first-order valence-corrected chi connectivity index (χ1v) is 7.78. The van der Waals surface area contributed by atoms with Crippen molar-refractivity contribution in [2.75, 3.05) is 5.73 Å². The van der Waals surface area contributed by atoms with Gasteiger partial charge in [0, 0.05) is 12.6 Å². The van der Waals surface area contributed by atoms with E-state index in [2.05, 4.69) is 4.98 Å². The van der Waals surface area contributed by atoms with Gasteiger partial charge in [0.1, 0.15) is 5.82 Å². The molecular weight excluding hydrogens is 356 g/mol. The summed E-state index contributed by atoms with van der Waals surface area (Å²) in [7, 11) is 0. The van der Waals surface area contributed by atoms with Crippen LogP contribution in [-0.4, -0.2) is 9.55 Å². The Balaban J connectivity index is 1.80. The molecule has 3 nitrogen and oxygen atoms in total. The third kappa shape index (κ3) is 1.85. The first-order valence-electron chi connectivity index (χ1n) is 6.70. The lowest BCUT2D eigenvalue weighted by atomic mass is 10.0. The van der Waals surface area contributed by atoms with Gasteiger partial charge in [0.05, 0.1) is 14.6 Å². The number of hydrogen-bond donors (Lipinski definition) is 1. The molecule has 0 spiro atoms. The number of anilines is 1. The fourth-order valence-electron chi connectivity index (χ4n) is 3.17. The molecule has 0 saturated heterocycles. The summed E-state index contributed by atoms with van der Waals surface area (Å²) in [5.74, 6) is 1.19. The van der Waals surface area contributed by atoms with Crippen molar-refractivity contribution in [1.82, 2.24) is 9.55 Å². The molecule has 100 valence electrons. The quantitative estimate of drug-likeness (QED) is 0.839. The maximum atomic E-state index is 13.8. The Bertz CT molecular complexity index is 671. The Morgan fingerprint density at radius 2 is 2.16 bits per heavy atom. The van der Waals surface area contributed by atoms with Crippen LogP contribution >= 0.6 is 22.6 Å². The molecule has 1 aromatic heterocycles. The van der Waals surface area contributed by atoms with Gasteiger partial charge in [-0.25, -0.2) is 9.37 Å². The predicted octanol–water partition coefficient (Wildman–Crippen LogP) is 3.55. The smallest absolute Gasteiger partial charge is 0.201 e. The van der Waals surface area contributed by atoms with Crippen LogP contribution in [0.4, 0.5) is 10.3 Å². The van der Waals surface area contributed by atoms with E-state index in [0.717, 1.165) is 23.5 Å². The number of nitrogens with two attached hydrogens (primary N) is 1. The Kier molecular flexibility index (Phi) is 2.41. The predicted molar refractivity (Wildman–Crippen MR) is 81.2 cm³/mol. The molecule has 1 heterocycles. The summed E-state index contributed by atoms with van der Waals surface area (Å²) in [5.41, 5.74) is 8.10. The van der Waals surface area contributed by atoms with Crippen molar-refractivity contribution in [1.29, 1.82) is 0 Å². The zero-order valence-electron chi connectivity index (χ0n) is 10.5. The Hall–Kier alpha value is -0.850. The van der Waals surface area contributed by atoms with Crippen LogP contribution in [0.2, 0.25) is 0 Å². The molecule has 5 heteroatoms. The number of nitrogens with zero attached hydrogens (tertiary/aromatic N) is 2. The maximum Gasteiger partial charge on any atom is 0.201 e. The molecule has 4 rings (SSSR count). The first kappa shape index (κ1) is 11.9. The topological polar surface area (TPSA) is 43.8 Å². The molecule has 0 bridgehead atoms. The van der Waals surface area contributed by atoms with E-state index in [1.807, 2.05) is 27.2 Å². The molecule has 19 heavy (non-hydrogen) atoms. The molecule has 1 aromatic carbocycles. The monoisotopic (exact) mass is 371 g/mol. The minimum absolute atomic E-state index is 0.189. The van der Waals surface area contributed by atoms with Crippen LogP contribution in [0.15, 0.2) is 12.1 Å². The molecular formula is C14H15FIN3. The summed E-state index contributed by atoms with van der Waals surface area (Å²) in [4.78, 5) is 4.38. The number of fused-ring (bicyclic) bond motifs is 1. The van der Waals surface area contributed by atoms with E-state index in [1.54, 1.807) is 12.1 Å². The number of halogens is 2. The van der Waals surface area contributed by atoms with Crippen molar-refractivity contribution >= 4 is 39.6 Å². The molecule has 0 amide bonds. The molecule has 0 aliphatic heterocycles. The minimum atomic E-state index is -0.189. The fraction of sp³-hybridized carbons (Fsp3) is 0.500. The lowest BCUT2D eigenvalue weighted by molar-refractivity contribution is 0.377. The summed E-state index contributed by atoms with van der Waals surface area (Å²) in [5, 5.41) is 0. The first-order chi connectivity index (χ1) is 9.09. The lowest BCUT2D eigenvalue weighted by Crippen LogP contribution is -2.15. The largest absolute Gasteiger partial charge is 0.369 e. The van der Waals surface area contributed by atoms with Crippen molar-refractivity contribution in [2.24, 2.45) is 11.3 Å². The second kappa shape index (κ2) is 3.84. The van der Waals surface area contributed by atoms with E-state index >= 15 is 0 Å². The van der Waals surface area contributed by atoms with Crippen molar-refractivity contribution < 1.29 is 4.39 Å². The van der Waals surface area contributed by atoms with Gasteiger partial charge in [-0.3, -0.25) is 0 Å². The van der Waals surface area contributed by atoms with Gasteiger partial charge < -0.3 is 10.3 Å². The number of hydrogen-bond acceptors (Lipinski definition) is 2. The molecule has 0 atom stereocenters. The van der Waals surface area contributed by atoms with E-state index in [1.165, 1.54) is 25.7 Å². The van der Waals surface area contributed by atoms with Crippen LogP contribution in [0.3, 0.4) is 0 Å². The second-order valence-corrected chi connectivity index (χ2v) is 7.11. The van der Waals surface area contributed by atoms with Gasteiger partial charge in [-0.2, -0.15) is 0 Å². The van der Waals surface area contributed by atoms with Gasteiger partial charge in [-0.1, -0.05) is 0 Å². The number of nitrogen functional groups attached to an aromatic ring is 1. The highest BCUT2D eigenvalue weighted by Gasteiger charge is 2.54. The Morgan fingerprint density at radius 1 is 1.42 bits per heavy atom. The van der Waals surface area contributed by atoms with Crippen molar-refractivity contribution in [2.45, 2.75) is 32.2 Å². The summed E-state index contributed by atoms with van der Waals surface area (Å²) < 4.78 is 16.4. The van der Waals surface area contributed by atoms with E-state index in [0.29, 0.717) is 14.9 Å². The minimum Gasteiger partial charge on any atom is -0.369 e. The standard InChI is InChI=1S/C14H15FIN3/c15-9-5-12-11(6-10(9)16)18-13(17)19(12)7-14(3-4-14)8-1-2-8/h5-6,8H,1-4,7H2,(H2,17,18). The lowest BCUT2D eigenvalue weighted by Gasteiger charge is -2.16. The zero-order chi connectivity index (χ0) is 13.2. The van der Waals surface area contributed by atoms with Crippen molar-refractivity contribution in [3.05, 3.63) is 21.5 Å². The Morgan fingerprint density at radius 3 is 2.79 bits per heavy atom. The van der Waals surface area contributed by atoms with E-state index < -0.39 is 0 Å². The average molecular weight is 371 g/mol. The van der Waals surface area contributed by atoms with Gasteiger partial charge in [0.15, 0.2) is 0 Å². The summed E-state index contributed by atoms with van der Waals surface area (Å²) in [6, 6.07) is 3.35. The number of rotatable bonds is 3. The molecule has 2 fully saturated rings.